The minimum Gasteiger partial charge on any atom is -0.406 e. The van der Waals surface area contributed by atoms with Crippen LogP contribution < -0.4 is 9.64 Å². The summed E-state index contributed by atoms with van der Waals surface area (Å²) in [6.07, 6.45) is 0.616. The van der Waals surface area contributed by atoms with Crippen LogP contribution in [0.2, 0.25) is 0 Å². The molecule has 1 saturated carbocycles. The lowest BCUT2D eigenvalue weighted by Gasteiger charge is -2.19. The van der Waals surface area contributed by atoms with Crippen molar-refractivity contribution in [3.8, 4) is 22.8 Å². The summed E-state index contributed by atoms with van der Waals surface area (Å²) in [6.45, 7) is 0. The van der Waals surface area contributed by atoms with Gasteiger partial charge in [0.2, 0.25) is 5.91 Å². The van der Waals surface area contributed by atoms with Gasteiger partial charge < -0.3 is 4.74 Å². The molecule has 0 atom stereocenters. The first-order valence-electron chi connectivity index (χ1n) is 12.4. The van der Waals surface area contributed by atoms with Crippen molar-refractivity contribution in [1.29, 1.82) is 0 Å². The minimum absolute atomic E-state index is 0.00563. The second-order valence-corrected chi connectivity index (χ2v) is 10.1. The van der Waals surface area contributed by atoms with Gasteiger partial charge in [-0.25, -0.2) is 9.67 Å². The zero-order valence-corrected chi connectivity index (χ0v) is 21.6. The summed E-state index contributed by atoms with van der Waals surface area (Å²) in [5.41, 5.74) is 4.14. The molecule has 0 unspecified atom stereocenters. The number of ether oxygens (including phenoxy) is 1. The van der Waals surface area contributed by atoms with E-state index in [1.807, 2.05) is 42.5 Å². The summed E-state index contributed by atoms with van der Waals surface area (Å²) in [7, 11) is 0. The number of hydrogen-bond acceptors (Lipinski definition) is 7. The van der Waals surface area contributed by atoms with Crippen molar-refractivity contribution in [3.05, 3.63) is 90.3 Å². The Hall–Kier alpha value is -4.45. The van der Waals surface area contributed by atoms with Gasteiger partial charge in [0, 0.05) is 5.56 Å². The zero-order chi connectivity index (χ0) is 27.7. The normalized spacial score (nSPS) is 16.8. The molecule has 1 amide bonds. The first kappa shape index (κ1) is 25.8. The van der Waals surface area contributed by atoms with Crippen molar-refractivity contribution in [2.24, 2.45) is 10.2 Å². The Morgan fingerprint density at radius 1 is 1.00 bits per heavy atom. The standard InChI is InChI=1S/C28H21F3N6O2S/c29-28(30,31)39-22-13-11-21(12-14-22)36-17-32-26(35-36)20-7-5-18(6-8-20)15-33-34-27-37(25(38)16-40-27)24-4-2-1-3-23(24)19-9-10-19/h1-8,11-15,17,19H,9-10,16H2/b33-15+,34-27-. The summed E-state index contributed by atoms with van der Waals surface area (Å²) in [5, 5.41) is 13.5. The average Bonchev–Trinajstić information content (AvgIpc) is 3.56. The van der Waals surface area contributed by atoms with E-state index in [1.54, 1.807) is 11.1 Å². The van der Waals surface area contributed by atoms with E-state index >= 15 is 0 Å². The molecule has 1 aromatic heterocycles. The Labute approximate surface area is 231 Å². The SMILES string of the molecule is O=C1CS/C(=N\N=C\c2ccc(-c3ncn(-c4ccc(OC(F)(F)F)cc4)n3)cc2)N1c1ccccc1C1CC1. The number of carbonyl (C=O) groups is 1. The van der Waals surface area contributed by atoms with Crippen LogP contribution >= 0.6 is 11.8 Å². The van der Waals surface area contributed by atoms with E-state index in [0.717, 1.165) is 29.7 Å². The summed E-state index contributed by atoms with van der Waals surface area (Å²) < 4.78 is 42.5. The quantitative estimate of drug-likeness (QED) is 0.198. The van der Waals surface area contributed by atoms with Gasteiger partial charge in [-0.3, -0.25) is 9.69 Å². The molecule has 2 fully saturated rings. The monoisotopic (exact) mass is 562 g/mol. The lowest BCUT2D eigenvalue weighted by atomic mass is 10.1. The number of amidine groups is 1. The number of nitrogens with zero attached hydrogens (tertiary/aromatic N) is 6. The summed E-state index contributed by atoms with van der Waals surface area (Å²) in [5.74, 6) is 0.955. The molecule has 0 N–H and O–H groups in total. The van der Waals surface area contributed by atoms with Gasteiger partial charge in [-0.2, -0.15) is 5.10 Å². The molecule has 202 valence electrons. The number of anilines is 1. The Balaban J connectivity index is 1.13. The maximum Gasteiger partial charge on any atom is 0.573 e. The molecule has 3 aromatic carbocycles. The van der Waals surface area contributed by atoms with Crippen LogP contribution in [0.5, 0.6) is 5.75 Å². The van der Waals surface area contributed by atoms with Crippen molar-refractivity contribution < 1.29 is 22.7 Å². The number of rotatable bonds is 7. The molecular formula is C28H21F3N6O2S. The van der Waals surface area contributed by atoms with Crippen molar-refractivity contribution in [2.75, 3.05) is 10.7 Å². The molecule has 6 rings (SSSR count). The van der Waals surface area contributed by atoms with Gasteiger partial charge in [-0.05, 0) is 60.2 Å². The maximum atomic E-state index is 12.7. The van der Waals surface area contributed by atoms with Gasteiger partial charge in [0.25, 0.3) is 0 Å². The molecule has 2 heterocycles. The number of amides is 1. The van der Waals surface area contributed by atoms with Crippen LogP contribution in [-0.4, -0.2) is 44.2 Å². The van der Waals surface area contributed by atoms with E-state index in [0.29, 0.717) is 28.4 Å². The van der Waals surface area contributed by atoms with Crippen LogP contribution in [0, 0.1) is 0 Å². The van der Waals surface area contributed by atoms with Crippen LogP contribution in [-0.2, 0) is 4.79 Å². The van der Waals surface area contributed by atoms with E-state index in [1.165, 1.54) is 52.6 Å². The predicted octanol–water partition coefficient (Wildman–Crippen LogP) is 6.18. The molecule has 4 aromatic rings. The van der Waals surface area contributed by atoms with E-state index < -0.39 is 6.36 Å². The highest BCUT2D eigenvalue weighted by molar-refractivity contribution is 8.15. The Kier molecular flexibility index (Phi) is 6.84. The van der Waals surface area contributed by atoms with E-state index in [9.17, 15) is 18.0 Å². The van der Waals surface area contributed by atoms with Gasteiger partial charge in [0.05, 0.1) is 23.3 Å². The molecular weight excluding hydrogens is 541 g/mol. The highest BCUT2D eigenvalue weighted by Crippen LogP contribution is 2.45. The van der Waals surface area contributed by atoms with Crippen molar-refractivity contribution in [1.82, 2.24) is 14.8 Å². The van der Waals surface area contributed by atoms with Gasteiger partial charge in [-0.15, -0.1) is 23.4 Å². The van der Waals surface area contributed by atoms with E-state index in [4.69, 9.17) is 0 Å². The molecule has 1 aliphatic heterocycles. The Morgan fingerprint density at radius 3 is 2.48 bits per heavy atom. The number of para-hydroxylation sites is 1. The van der Waals surface area contributed by atoms with Crippen molar-refractivity contribution >= 4 is 34.7 Å². The molecule has 12 heteroatoms. The third-order valence-corrected chi connectivity index (χ3v) is 7.22. The van der Waals surface area contributed by atoms with Gasteiger partial charge >= 0.3 is 6.36 Å². The number of halogens is 3. The smallest absolute Gasteiger partial charge is 0.406 e. The molecule has 8 nitrogen and oxygen atoms in total. The minimum atomic E-state index is -4.75. The van der Waals surface area contributed by atoms with Crippen LogP contribution in [0.3, 0.4) is 0 Å². The number of thioether (sulfide) groups is 1. The second-order valence-electron chi connectivity index (χ2n) is 9.15. The van der Waals surface area contributed by atoms with Crippen LogP contribution in [0.1, 0.15) is 29.9 Å². The second kappa shape index (κ2) is 10.6. The van der Waals surface area contributed by atoms with Gasteiger partial charge in [0.1, 0.15) is 12.1 Å². The lowest BCUT2D eigenvalue weighted by Crippen LogP contribution is -2.30. The molecule has 2 aliphatic rings. The summed E-state index contributed by atoms with van der Waals surface area (Å²) >= 11 is 1.37. The fourth-order valence-corrected chi connectivity index (χ4v) is 5.10. The highest BCUT2D eigenvalue weighted by Gasteiger charge is 2.35. The largest absolute Gasteiger partial charge is 0.573 e. The van der Waals surface area contributed by atoms with Crippen LogP contribution in [0.15, 0.2) is 89.3 Å². The fourth-order valence-electron chi connectivity index (χ4n) is 4.29. The number of hydrogen-bond donors (Lipinski definition) is 0. The summed E-state index contributed by atoms with van der Waals surface area (Å²) in [6, 6.07) is 20.7. The molecule has 1 saturated heterocycles. The molecule has 0 spiro atoms. The third-order valence-electron chi connectivity index (χ3n) is 6.31. The van der Waals surface area contributed by atoms with Crippen molar-refractivity contribution in [3.63, 3.8) is 0 Å². The number of benzene rings is 3. The molecule has 0 bridgehead atoms. The number of carbonyl (C=O) groups excluding carboxylic acids is 1. The maximum absolute atomic E-state index is 12.7. The Bertz CT molecular complexity index is 1600. The van der Waals surface area contributed by atoms with Crippen molar-refractivity contribution in [2.45, 2.75) is 25.1 Å². The summed E-state index contributed by atoms with van der Waals surface area (Å²) in [4.78, 5) is 18.6. The van der Waals surface area contributed by atoms with E-state index in [2.05, 4.69) is 31.1 Å². The topological polar surface area (TPSA) is 85.0 Å². The Morgan fingerprint density at radius 2 is 1.75 bits per heavy atom. The highest BCUT2D eigenvalue weighted by atomic mass is 32.2. The van der Waals surface area contributed by atoms with Gasteiger partial charge in [0.15, 0.2) is 11.0 Å². The van der Waals surface area contributed by atoms with Crippen LogP contribution in [0.25, 0.3) is 17.1 Å². The van der Waals surface area contributed by atoms with Gasteiger partial charge in [-0.1, -0.05) is 54.2 Å². The average molecular weight is 563 g/mol. The molecule has 40 heavy (non-hydrogen) atoms. The number of aromatic nitrogens is 3. The predicted molar refractivity (Wildman–Crippen MR) is 147 cm³/mol. The zero-order valence-electron chi connectivity index (χ0n) is 20.8. The number of alkyl halides is 3. The van der Waals surface area contributed by atoms with E-state index in [-0.39, 0.29) is 11.7 Å². The molecule has 0 radical (unpaired) electrons. The van der Waals surface area contributed by atoms with Crippen LogP contribution in [0.4, 0.5) is 18.9 Å². The lowest BCUT2D eigenvalue weighted by molar-refractivity contribution is -0.274. The fraction of sp³-hybridized carbons (Fsp3) is 0.179. The molecule has 1 aliphatic carbocycles. The first-order valence-corrected chi connectivity index (χ1v) is 13.4. The first-order chi connectivity index (χ1) is 19.3. The third kappa shape index (κ3) is 5.76.